The molecule has 0 bridgehead atoms. The van der Waals surface area contributed by atoms with Crippen LogP contribution in [0.1, 0.15) is 23.6 Å². The third-order valence-electron chi connectivity index (χ3n) is 5.33. The predicted molar refractivity (Wildman–Crippen MR) is 111 cm³/mol. The molecule has 0 saturated carbocycles. The molecule has 2 aromatic carbocycles. The summed E-state index contributed by atoms with van der Waals surface area (Å²) < 4.78 is 16.7. The molecule has 164 valence electrons. The fourth-order valence-corrected chi connectivity index (χ4v) is 3.87. The Labute approximate surface area is 180 Å². The average molecular weight is 439 g/mol. The van der Waals surface area contributed by atoms with Crippen molar-refractivity contribution in [1.29, 1.82) is 0 Å². The van der Waals surface area contributed by atoms with Gasteiger partial charge < -0.3 is 34.6 Å². The lowest BCUT2D eigenvalue weighted by molar-refractivity contribution is -0.366. The number of hydrogen-bond acceptors (Lipinski definition) is 7. The molecule has 2 aromatic rings. The Bertz CT molecular complexity index is 842. The van der Waals surface area contributed by atoms with Gasteiger partial charge in [-0.1, -0.05) is 29.8 Å². The van der Waals surface area contributed by atoms with Crippen molar-refractivity contribution in [1.82, 2.24) is 0 Å². The second kappa shape index (κ2) is 9.62. The number of aliphatic hydroxyl groups excluding tert-OH is 4. The molecular formula is C22H27ClO7. The van der Waals surface area contributed by atoms with E-state index in [1.165, 1.54) is 7.11 Å². The van der Waals surface area contributed by atoms with Gasteiger partial charge in [0.25, 0.3) is 0 Å². The number of ether oxygens (including phenoxy) is 3. The van der Waals surface area contributed by atoms with E-state index >= 15 is 0 Å². The Morgan fingerprint density at radius 1 is 1.07 bits per heavy atom. The van der Waals surface area contributed by atoms with Crippen LogP contribution in [0.25, 0.3) is 0 Å². The van der Waals surface area contributed by atoms with Crippen LogP contribution in [-0.4, -0.2) is 65.2 Å². The van der Waals surface area contributed by atoms with E-state index in [1.54, 1.807) is 18.2 Å². The molecule has 8 heteroatoms. The van der Waals surface area contributed by atoms with Crippen LogP contribution in [-0.2, 0) is 21.7 Å². The highest BCUT2D eigenvalue weighted by molar-refractivity contribution is 6.31. The lowest BCUT2D eigenvalue weighted by atomic mass is 9.87. The van der Waals surface area contributed by atoms with Crippen molar-refractivity contribution in [2.24, 2.45) is 0 Å². The molecule has 0 radical (unpaired) electrons. The smallest absolute Gasteiger partial charge is 0.224 e. The van der Waals surface area contributed by atoms with Gasteiger partial charge >= 0.3 is 0 Å². The number of methoxy groups -OCH3 is 1. The van der Waals surface area contributed by atoms with Crippen molar-refractivity contribution in [2.45, 2.75) is 43.5 Å². The second-order valence-corrected chi connectivity index (χ2v) is 7.60. The zero-order valence-corrected chi connectivity index (χ0v) is 17.6. The first-order chi connectivity index (χ1) is 14.4. The molecule has 0 aromatic heterocycles. The first kappa shape index (κ1) is 23.0. The molecule has 7 nitrogen and oxygen atoms in total. The standard InChI is InChI=1S/C22H27ClO7/c1-3-29-16-7-4-13(5-8-16)10-14-11-15(6-9-17(14)23)22(28-2)21(27)20(26)19(25)18(12-24)30-22/h4-9,11,18-21,24-27H,3,10,12H2,1-2H3/t18-,19-,20+,21+,22?/m1/s1. The SMILES string of the molecule is CCOc1ccc(Cc2cc(C3(OC)O[C@H](CO)[C@@H](O)[C@H](O)[C@@H]3O)ccc2Cl)cc1. The third-order valence-corrected chi connectivity index (χ3v) is 5.70. The van der Waals surface area contributed by atoms with E-state index < -0.39 is 36.8 Å². The summed E-state index contributed by atoms with van der Waals surface area (Å²) in [5, 5.41) is 41.1. The number of hydrogen-bond donors (Lipinski definition) is 4. The van der Waals surface area contributed by atoms with Crippen LogP contribution in [0.4, 0.5) is 0 Å². The normalized spacial score (nSPS) is 29.0. The van der Waals surface area contributed by atoms with Crippen LogP contribution in [0.3, 0.4) is 0 Å². The lowest BCUT2D eigenvalue weighted by Gasteiger charge is -2.47. The maximum absolute atomic E-state index is 10.7. The zero-order valence-electron chi connectivity index (χ0n) is 16.9. The summed E-state index contributed by atoms with van der Waals surface area (Å²) in [7, 11) is 1.32. The minimum atomic E-state index is -1.77. The van der Waals surface area contributed by atoms with Gasteiger partial charge in [0.15, 0.2) is 0 Å². The van der Waals surface area contributed by atoms with Gasteiger partial charge in [0, 0.05) is 17.7 Å². The highest BCUT2D eigenvalue weighted by Gasteiger charge is 2.55. The van der Waals surface area contributed by atoms with Gasteiger partial charge in [0.2, 0.25) is 5.79 Å². The minimum absolute atomic E-state index is 0.409. The van der Waals surface area contributed by atoms with E-state index in [2.05, 4.69) is 0 Å². The molecule has 1 fully saturated rings. The Hall–Kier alpha value is -1.71. The molecule has 1 aliphatic rings. The van der Waals surface area contributed by atoms with Crippen molar-refractivity contribution in [2.75, 3.05) is 20.3 Å². The van der Waals surface area contributed by atoms with Crippen molar-refractivity contribution < 1.29 is 34.6 Å². The summed E-state index contributed by atoms with van der Waals surface area (Å²) >= 11 is 6.40. The summed E-state index contributed by atoms with van der Waals surface area (Å²) in [5.74, 6) is -0.995. The van der Waals surface area contributed by atoms with Gasteiger partial charge in [-0.15, -0.1) is 0 Å². The predicted octanol–water partition coefficient (Wildman–Crippen LogP) is 1.60. The van der Waals surface area contributed by atoms with Crippen LogP contribution < -0.4 is 4.74 Å². The zero-order chi connectivity index (χ0) is 21.9. The van der Waals surface area contributed by atoms with Crippen molar-refractivity contribution in [3.63, 3.8) is 0 Å². The lowest BCUT2D eigenvalue weighted by Crippen LogP contribution is -2.64. The Balaban J connectivity index is 1.94. The van der Waals surface area contributed by atoms with Gasteiger partial charge in [-0.2, -0.15) is 0 Å². The summed E-state index contributed by atoms with van der Waals surface area (Å²) in [6.07, 6.45) is -5.23. The fraction of sp³-hybridized carbons (Fsp3) is 0.455. The van der Waals surface area contributed by atoms with E-state index in [9.17, 15) is 20.4 Å². The molecule has 1 aliphatic heterocycles. The van der Waals surface area contributed by atoms with Crippen molar-refractivity contribution in [3.05, 3.63) is 64.2 Å². The fourth-order valence-electron chi connectivity index (χ4n) is 3.68. The number of benzene rings is 2. The van der Waals surface area contributed by atoms with Crippen LogP contribution >= 0.6 is 11.6 Å². The maximum atomic E-state index is 10.7. The second-order valence-electron chi connectivity index (χ2n) is 7.20. The van der Waals surface area contributed by atoms with Gasteiger partial charge in [0.1, 0.15) is 30.2 Å². The molecule has 1 saturated heterocycles. The molecule has 1 heterocycles. The van der Waals surface area contributed by atoms with Gasteiger partial charge in [-0.3, -0.25) is 0 Å². The number of halogens is 1. The summed E-state index contributed by atoms with van der Waals surface area (Å²) in [5.41, 5.74) is 2.16. The van der Waals surface area contributed by atoms with Crippen LogP contribution in [0.5, 0.6) is 5.75 Å². The summed E-state index contributed by atoms with van der Waals surface area (Å²) in [6.45, 7) is 1.95. The van der Waals surface area contributed by atoms with Crippen LogP contribution in [0.2, 0.25) is 5.02 Å². The van der Waals surface area contributed by atoms with Crippen molar-refractivity contribution >= 4 is 11.6 Å². The monoisotopic (exact) mass is 438 g/mol. The molecule has 0 spiro atoms. The summed E-state index contributed by atoms with van der Waals surface area (Å²) in [6, 6.07) is 12.6. The van der Waals surface area contributed by atoms with Crippen LogP contribution in [0, 0.1) is 0 Å². The number of aliphatic hydroxyl groups is 4. The molecule has 0 amide bonds. The topological polar surface area (TPSA) is 109 Å². The van der Waals surface area contributed by atoms with Crippen molar-refractivity contribution in [3.8, 4) is 5.75 Å². The first-order valence-corrected chi connectivity index (χ1v) is 10.1. The highest BCUT2D eigenvalue weighted by Crippen LogP contribution is 2.40. The van der Waals surface area contributed by atoms with E-state index in [-0.39, 0.29) is 0 Å². The van der Waals surface area contributed by atoms with E-state index in [0.717, 1.165) is 16.9 Å². The minimum Gasteiger partial charge on any atom is -0.494 e. The largest absolute Gasteiger partial charge is 0.494 e. The Morgan fingerprint density at radius 2 is 1.77 bits per heavy atom. The molecule has 1 unspecified atom stereocenters. The molecule has 4 N–H and O–H groups in total. The molecule has 3 rings (SSSR count). The van der Waals surface area contributed by atoms with Crippen LogP contribution in [0.15, 0.2) is 42.5 Å². The van der Waals surface area contributed by atoms with Gasteiger partial charge in [-0.25, -0.2) is 0 Å². The quantitative estimate of drug-likeness (QED) is 0.520. The summed E-state index contributed by atoms with van der Waals surface area (Å²) in [4.78, 5) is 0. The van der Waals surface area contributed by atoms with E-state index in [4.69, 9.17) is 25.8 Å². The Morgan fingerprint density at radius 3 is 2.37 bits per heavy atom. The Kier molecular flexibility index (Phi) is 7.36. The number of rotatable bonds is 7. The van der Waals surface area contributed by atoms with E-state index in [0.29, 0.717) is 23.6 Å². The highest BCUT2D eigenvalue weighted by atomic mass is 35.5. The average Bonchev–Trinajstić information content (AvgIpc) is 2.76. The van der Waals surface area contributed by atoms with Gasteiger partial charge in [-0.05, 0) is 48.7 Å². The molecule has 0 aliphatic carbocycles. The molecular weight excluding hydrogens is 412 g/mol. The first-order valence-electron chi connectivity index (χ1n) is 9.75. The molecule has 5 atom stereocenters. The maximum Gasteiger partial charge on any atom is 0.224 e. The third kappa shape index (κ3) is 4.33. The molecule has 30 heavy (non-hydrogen) atoms. The van der Waals surface area contributed by atoms with Gasteiger partial charge in [0.05, 0.1) is 13.2 Å². The van der Waals surface area contributed by atoms with E-state index in [1.807, 2.05) is 31.2 Å².